The fourth-order valence-electron chi connectivity index (χ4n) is 1.55. The van der Waals surface area contributed by atoms with E-state index in [2.05, 4.69) is 22.0 Å². The highest BCUT2D eigenvalue weighted by molar-refractivity contribution is 9.10. The zero-order valence-corrected chi connectivity index (χ0v) is 12.4. The molecule has 0 fully saturated rings. The van der Waals surface area contributed by atoms with Gasteiger partial charge in [-0.05, 0) is 36.6 Å². The first kappa shape index (κ1) is 13.9. The Morgan fingerprint density at radius 2 is 2.05 bits per heavy atom. The molecule has 0 atom stereocenters. The molecule has 0 spiro atoms. The van der Waals surface area contributed by atoms with Crippen LogP contribution in [0.25, 0.3) is 0 Å². The Kier molecular flexibility index (Phi) is 4.46. The van der Waals surface area contributed by atoms with Gasteiger partial charge in [0.2, 0.25) is 0 Å². The van der Waals surface area contributed by atoms with E-state index in [1.807, 2.05) is 12.3 Å². The van der Waals surface area contributed by atoms with Gasteiger partial charge in [0.1, 0.15) is 17.4 Å². The monoisotopic (exact) mass is 337 g/mol. The van der Waals surface area contributed by atoms with Crippen LogP contribution in [0.5, 0.6) is 11.5 Å². The number of thioether (sulfide) groups is 1. The van der Waals surface area contributed by atoms with Crippen LogP contribution in [0.1, 0.15) is 5.56 Å². The Hall–Kier alpha value is -1.51. The highest BCUT2D eigenvalue weighted by Crippen LogP contribution is 2.33. The van der Waals surface area contributed by atoms with Crippen molar-refractivity contribution in [2.24, 2.45) is 0 Å². The molecule has 0 aliphatic rings. The molecule has 2 nitrogen and oxygen atoms in total. The van der Waals surface area contributed by atoms with E-state index in [1.165, 1.54) is 23.9 Å². The molecule has 2 aromatic carbocycles. The van der Waals surface area contributed by atoms with Crippen LogP contribution in [-0.2, 0) is 0 Å². The maximum atomic E-state index is 13.7. The molecular formula is C14H9BrFNOS. The van der Waals surface area contributed by atoms with Crippen LogP contribution in [0.15, 0.2) is 45.8 Å². The number of benzene rings is 2. The van der Waals surface area contributed by atoms with E-state index in [0.717, 1.165) is 4.90 Å². The summed E-state index contributed by atoms with van der Waals surface area (Å²) < 4.78 is 19.8. The third-order valence-electron chi connectivity index (χ3n) is 2.43. The van der Waals surface area contributed by atoms with Crippen molar-refractivity contribution in [2.75, 3.05) is 6.26 Å². The maximum absolute atomic E-state index is 13.7. The Balaban J connectivity index is 2.41. The van der Waals surface area contributed by atoms with Crippen molar-refractivity contribution in [1.82, 2.24) is 0 Å². The second kappa shape index (κ2) is 6.09. The molecule has 2 rings (SSSR count). The van der Waals surface area contributed by atoms with Gasteiger partial charge in [-0.3, -0.25) is 0 Å². The van der Waals surface area contributed by atoms with Crippen LogP contribution in [0.3, 0.4) is 0 Å². The highest BCUT2D eigenvalue weighted by Gasteiger charge is 2.11. The van der Waals surface area contributed by atoms with Crippen LogP contribution < -0.4 is 4.74 Å². The summed E-state index contributed by atoms with van der Waals surface area (Å²) in [6.45, 7) is 0. The second-order valence-corrected chi connectivity index (χ2v) is 5.39. The lowest BCUT2D eigenvalue weighted by Gasteiger charge is -2.10. The second-order valence-electron chi connectivity index (χ2n) is 3.62. The molecule has 0 amide bonds. The predicted molar refractivity (Wildman–Crippen MR) is 77.1 cm³/mol. The fraction of sp³-hybridized carbons (Fsp3) is 0.0714. The lowest BCUT2D eigenvalue weighted by atomic mass is 10.2. The van der Waals surface area contributed by atoms with Crippen molar-refractivity contribution in [3.05, 3.63) is 52.3 Å². The normalized spacial score (nSPS) is 10.0. The van der Waals surface area contributed by atoms with Gasteiger partial charge in [-0.15, -0.1) is 11.8 Å². The molecule has 0 saturated carbocycles. The van der Waals surface area contributed by atoms with E-state index in [1.54, 1.807) is 18.2 Å². The first-order chi connectivity index (χ1) is 9.15. The summed E-state index contributed by atoms with van der Waals surface area (Å²) in [5, 5.41) is 9.18. The largest absolute Gasteiger partial charge is 0.453 e. The molecule has 0 aromatic heterocycles. The standard InChI is InChI=1S/C14H9BrFNOS/c1-19-14-4-2-3-12(10(14)8-17)18-13-6-5-9(15)7-11(13)16/h2-7H,1H3. The minimum atomic E-state index is -0.479. The van der Waals surface area contributed by atoms with Gasteiger partial charge in [0.15, 0.2) is 11.6 Å². The predicted octanol–water partition coefficient (Wildman–Crippen LogP) is 4.97. The third-order valence-corrected chi connectivity index (χ3v) is 3.71. The van der Waals surface area contributed by atoms with Gasteiger partial charge >= 0.3 is 0 Å². The Bertz CT molecular complexity index is 654. The molecule has 0 bridgehead atoms. The van der Waals surface area contributed by atoms with Gasteiger partial charge in [-0.2, -0.15) is 5.26 Å². The van der Waals surface area contributed by atoms with E-state index >= 15 is 0 Å². The number of rotatable bonds is 3. The number of ether oxygens (including phenoxy) is 1. The topological polar surface area (TPSA) is 33.0 Å². The molecule has 19 heavy (non-hydrogen) atoms. The number of nitrogens with zero attached hydrogens (tertiary/aromatic N) is 1. The smallest absolute Gasteiger partial charge is 0.166 e. The Morgan fingerprint density at radius 1 is 1.26 bits per heavy atom. The number of hydrogen-bond acceptors (Lipinski definition) is 3. The zero-order chi connectivity index (χ0) is 13.8. The molecule has 0 heterocycles. The van der Waals surface area contributed by atoms with Crippen molar-refractivity contribution >= 4 is 27.7 Å². The molecule has 0 saturated heterocycles. The average Bonchev–Trinajstić information content (AvgIpc) is 2.41. The zero-order valence-electron chi connectivity index (χ0n) is 9.98. The Morgan fingerprint density at radius 3 is 2.68 bits per heavy atom. The fourth-order valence-corrected chi connectivity index (χ4v) is 2.45. The number of halogens is 2. The van der Waals surface area contributed by atoms with Gasteiger partial charge in [-0.25, -0.2) is 4.39 Å². The molecule has 0 aliphatic carbocycles. The first-order valence-corrected chi connectivity index (χ1v) is 7.37. The van der Waals surface area contributed by atoms with Gasteiger partial charge in [0.25, 0.3) is 0 Å². The molecule has 0 N–H and O–H groups in total. The molecule has 0 radical (unpaired) electrons. The third kappa shape index (κ3) is 3.09. The van der Waals surface area contributed by atoms with Gasteiger partial charge in [0, 0.05) is 9.37 Å². The van der Waals surface area contributed by atoms with E-state index in [4.69, 9.17) is 4.74 Å². The average molecular weight is 338 g/mol. The summed E-state index contributed by atoms with van der Waals surface area (Å²) in [6, 6.07) is 11.9. The van der Waals surface area contributed by atoms with Crippen LogP contribution >= 0.6 is 27.7 Å². The van der Waals surface area contributed by atoms with Gasteiger partial charge in [-0.1, -0.05) is 22.0 Å². The van der Waals surface area contributed by atoms with E-state index in [0.29, 0.717) is 15.8 Å². The van der Waals surface area contributed by atoms with Crippen LogP contribution in [-0.4, -0.2) is 6.26 Å². The minimum absolute atomic E-state index is 0.0953. The maximum Gasteiger partial charge on any atom is 0.166 e. The minimum Gasteiger partial charge on any atom is -0.453 e. The summed E-state index contributed by atoms with van der Waals surface area (Å²) in [5.41, 5.74) is 0.414. The van der Waals surface area contributed by atoms with Gasteiger partial charge in [0.05, 0.1) is 0 Å². The summed E-state index contributed by atoms with van der Waals surface area (Å²) >= 11 is 4.63. The van der Waals surface area contributed by atoms with Crippen molar-refractivity contribution in [1.29, 1.82) is 5.26 Å². The summed E-state index contributed by atoms with van der Waals surface area (Å²) in [7, 11) is 0. The van der Waals surface area contributed by atoms with Crippen molar-refractivity contribution in [2.45, 2.75) is 4.90 Å². The number of hydrogen-bond donors (Lipinski definition) is 0. The van der Waals surface area contributed by atoms with Crippen molar-refractivity contribution in [3.63, 3.8) is 0 Å². The Labute approximate surface area is 123 Å². The molecule has 96 valence electrons. The highest BCUT2D eigenvalue weighted by atomic mass is 79.9. The van der Waals surface area contributed by atoms with E-state index in [9.17, 15) is 9.65 Å². The van der Waals surface area contributed by atoms with Crippen LogP contribution in [0, 0.1) is 17.1 Å². The van der Waals surface area contributed by atoms with E-state index < -0.39 is 5.82 Å². The number of nitriles is 1. The van der Waals surface area contributed by atoms with Crippen molar-refractivity contribution < 1.29 is 9.13 Å². The SMILES string of the molecule is CSc1cccc(Oc2ccc(Br)cc2F)c1C#N. The summed E-state index contributed by atoms with van der Waals surface area (Å²) in [4.78, 5) is 0.803. The first-order valence-electron chi connectivity index (χ1n) is 5.35. The molecule has 0 unspecified atom stereocenters. The van der Waals surface area contributed by atoms with Crippen molar-refractivity contribution in [3.8, 4) is 17.6 Å². The lowest BCUT2D eigenvalue weighted by molar-refractivity contribution is 0.440. The van der Waals surface area contributed by atoms with Crippen LogP contribution in [0.4, 0.5) is 4.39 Å². The molecule has 0 aliphatic heterocycles. The van der Waals surface area contributed by atoms with Crippen LogP contribution in [0.2, 0.25) is 0 Å². The van der Waals surface area contributed by atoms with E-state index in [-0.39, 0.29) is 5.75 Å². The molecule has 2 aromatic rings. The van der Waals surface area contributed by atoms with Gasteiger partial charge < -0.3 is 4.74 Å². The quantitative estimate of drug-likeness (QED) is 0.741. The summed E-state index contributed by atoms with van der Waals surface area (Å²) in [5.74, 6) is -0.0265. The molecule has 5 heteroatoms. The summed E-state index contributed by atoms with van der Waals surface area (Å²) in [6.07, 6.45) is 1.88. The molecular weight excluding hydrogens is 329 g/mol. The lowest BCUT2D eigenvalue weighted by Crippen LogP contribution is -1.92.